The lowest BCUT2D eigenvalue weighted by molar-refractivity contribution is -0.149. The Labute approximate surface area is 190 Å². The van der Waals surface area contributed by atoms with Gasteiger partial charge in [0, 0.05) is 12.3 Å². The Balaban J connectivity index is 1.67. The number of aromatic amines is 1. The van der Waals surface area contributed by atoms with Gasteiger partial charge in [-0.05, 0) is 45.7 Å². The van der Waals surface area contributed by atoms with Gasteiger partial charge in [0.15, 0.2) is 0 Å². The molecule has 0 saturated carbocycles. The highest BCUT2D eigenvalue weighted by atomic mass is 31.2. The van der Waals surface area contributed by atoms with Gasteiger partial charge in [0.2, 0.25) is 0 Å². The Morgan fingerprint density at radius 1 is 1.21 bits per heavy atom. The molecule has 1 saturated heterocycles. The predicted molar refractivity (Wildman–Crippen MR) is 119 cm³/mol. The summed E-state index contributed by atoms with van der Waals surface area (Å²) in [6.45, 7) is 4.81. The fourth-order valence-electron chi connectivity index (χ4n) is 3.18. The summed E-state index contributed by atoms with van der Waals surface area (Å²) in [5.74, 6) is -0.303. The molecule has 1 aromatic heterocycles. The number of ether oxygens (including phenoxy) is 2. The molecule has 33 heavy (non-hydrogen) atoms. The summed E-state index contributed by atoms with van der Waals surface area (Å²) in [5, 5.41) is 2.62. The molecule has 2 aromatic rings. The van der Waals surface area contributed by atoms with E-state index in [1.807, 2.05) is 0 Å². The van der Waals surface area contributed by atoms with Crippen LogP contribution in [0.5, 0.6) is 5.75 Å². The van der Waals surface area contributed by atoms with Crippen molar-refractivity contribution in [1.82, 2.24) is 14.6 Å². The molecule has 0 aliphatic carbocycles. The fraction of sp³-hybridized carbons (Fsp3) is 0.476. The van der Waals surface area contributed by atoms with E-state index in [-0.39, 0.29) is 12.7 Å². The smallest absolute Gasteiger partial charge is 0.459 e. The SMILES string of the molecule is CC(C)OC(=O)C(C)NP(=O)(OCC1CCC(n2ccc(=O)[nH]c2=O)O1)Oc1ccccc1. The average molecular weight is 481 g/mol. The van der Waals surface area contributed by atoms with Crippen molar-refractivity contribution in [1.29, 1.82) is 0 Å². The van der Waals surface area contributed by atoms with Crippen LogP contribution >= 0.6 is 7.75 Å². The molecule has 3 rings (SSSR count). The maximum absolute atomic E-state index is 13.5. The Morgan fingerprint density at radius 3 is 2.61 bits per heavy atom. The molecule has 0 amide bonds. The summed E-state index contributed by atoms with van der Waals surface area (Å²) < 4.78 is 37.0. The molecule has 1 aromatic carbocycles. The summed E-state index contributed by atoms with van der Waals surface area (Å²) in [6.07, 6.45) is 0.965. The Hall–Kier alpha value is -2.72. The van der Waals surface area contributed by atoms with Crippen LogP contribution < -0.4 is 20.9 Å². The van der Waals surface area contributed by atoms with Crippen LogP contribution in [0.25, 0.3) is 0 Å². The van der Waals surface area contributed by atoms with Crippen molar-refractivity contribution >= 4 is 13.7 Å². The van der Waals surface area contributed by atoms with E-state index in [4.69, 9.17) is 18.5 Å². The summed E-state index contributed by atoms with van der Waals surface area (Å²) in [5.41, 5.74) is -1.07. The number of nitrogens with zero attached hydrogens (tertiary/aromatic N) is 1. The summed E-state index contributed by atoms with van der Waals surface area (Å²) in [7, 11) is -4.00. The van der Waals surface area contributed by atoms with Gasteiger partial charge >= 0.3 is 19.4 Å². The first-order chi connectivity index (χ1) is 15.6. The normalized spacial score (nSPS) is 20.8. The van der Waals surface area contributed by atoms with Crippen LogP contribution in [0.1, 0.15) is 39.8 Å². The lowest BCUT2D eigenvalue weighted by Crippen LogP contribution is -2.36. The number of esters is 1. The fourth-order valence-corrected chi connectivity index (χ4v) is 4.71. The van der Waals surface area contributed by atoms with Crippen molar-refractivity contribution in [3.8, 4) is 5.75 Å². The minimum absolute atomic E-state index is 0.113. The first-order valence-corrected chi connectivity index (χ1v) is 12.1. The molecule has 1 fully saturated rings. The minimum atomic E-state index is -4.00. The van der Waals surface area contributed by atoms with Crippen LogP contribution in [0, 0.1) is 0 Å². The van der Waals surface area contributed by atoms with E-state index in [1.165, 1.54) is 23.8 Å². The van der Waals surface area contributed by atoms with E-state index in [1.54, 1.807) is 44.2 Å². The first-order valence-electron chi connectivity index (χ1n) is 10.6. The molecular weight excluding hydrogens is 453 g/mol. The van der Waals surface area contributed by atoms with Crippen LogP contribution in [0.2, 0.25) is 0 Å². The topological polar surface area (TPSA) is 138 Å². The molecule has 0 radical (unpaired) electrons. The molecule has 2 N–H and O–H groups in total. The predicted octanol–water partition coefficient (Wildman–Crippen LogP) is 2.35. The minimum Gasteiger partial charge on any atom is -0.462 e. The van der Waals surface area contributed by atoms with E-state index in [9.17, 15) is 18.9 Å². The van der Waals surface area contributed by atoms with E-state index in [2.05, 4.69) is 10.1 Å². The zero-order valence-corrected chi connectivity index (χ0v) is 19.5. The van der Waals surface area contributed by atoms with Gasteiger partial charge in [-0.3, -0.25) is 23.7 Å². The number of hydrogen-bond donors (Lipinski definition) is 2. The molecular formula is C21H28N3O8P. The zero-order valence-electron chi connectivity index (χ0n) is 18.6. The van der Waals surface area contributed by atoms with Gasteiger partial charge in [0.05, 0.1) is 18.8 Å². The average Bonchev–Trinajstić information content (AvgIpc) is 3.21. The molecule has 180 valence electrons. The van der Waals surface area contributed by atoms with Crippen molar-refractivity contribution in [2.75, 3.05) is 6.61 Å². The second kappa shape index (κ2) is 10.9. The van der Waals surface area contributed by atoms with Gasteiger partial charge in [-0.25, -0.2) is 9.36 Å². The van der Waals surface area contributed by atoms with Gasteiger partial charge in [0.25, 0.3) is 5.56 Å². The Morgan fingerprint density at radius 2 is 1.94 bits per heavy atom. The highest BCUT2D eigenvalue weighted by Gasteiger charge is 2.35. The molecule has 1 aliphatic heterocycles. The van der Waals surface area contributed by atoms with Crippen LogP contribution in [0.4, 0.5) is 0 Å². The number of carbonyl (C=O) groups is 1. The van der Waals surface area contributed by atoms with Crippen LogP contribution in [-0.4, -0.2) is 40.4 Å². The maximum Gasteiger partial charge on any atom is 0.459 e. The lowest BCUT2D eigenvalue weighted by atomic mass is 10.2. The number of aromatic nitrogens is 2. The summed E-state index contributed by atoms with van der Waals surface area (Å²) >= 11 is 0. The molecule has 11 nitrogen and oxygen atoms in total. The van der Waals surface area contributed by atoms with Crippen molar-refractivity contribution in [2.24, 2.45) is 0 Å². The quantitative estimate of drug-likeness (QED) is 0.387. The molecule has 2 heterocycles. The van der Waals surface area contributed by atoms with E-state index in [0.29, 0.717) is 18.6 Å². The number of nitrogens with one attached hydrogen (secondary N) is 2. The van der Waals surface area contributed by atoms with Crippen molar-refractivity contribution in [2.45, 2.75) is 58.1 Å². The second-order valence-corrected chi connectivity index (χ2v) is 9.54. The number of hydrogen-bond acceptors (Lipinski definition) is 8. The largest absolute Gasteiger partial charge is 0.462 e. The molecule has 12 heteroatoms. The standard InChI is InChI=1S/C21H28N3O8P/c1-14(2)30-20(26)15(3)23-33(28,32-16-7-5-4-6-8-16)29-13-17-9-10-19(31-17)24-12-11-18(25)22-21(24)27/h4-8,11-12,14-15,17,19H,9-10,13H2,1-3H3,(H,23,28)(H,22,25,27). The highest BCUT2D eigenvalue weighted by Crippen LogP contribution is 2.45. The van der Waals surface area contributed by atoms with Crippen molar-refractivity contribution in [3.05, 3.63) is 63.4 Å². The third-order valence-corrected chi connectivity index (χ3v) is 6.35. The van der Waals surface area contributed by atoms with Crippen molar-refractivity contribution < 1.29 is 27.9 Å². The third-order valence-electron chi connectivity index (χ3n) is 4.70. The number of carbonyl (C=O) groups excluding carboxylic acids is 1. The number of rotatable bonds is 10. The highest BCUT2D eigenvalue weighted by molar-refractivity contribution is 7.52. The van der Waals surface area contributed by atoms with Crippen molar-refractivity contribution in [3.63, 3.8) is 0 Å². The second-order valence-electron chi connectivity index (χ2n) is 7.84. The molecule has 1 aliphatic rings. The van der Waals surface area contributed by atoms with Gasteiger partial charge in [0.1, 0.15) is 18.0 Å². The maximum atomic E-state index is 13.5. The molecule has 0 spiro atoms. The van der Waals surface area contributed by atoms with E-state index < -0.39 is 43.3 Å². The Bertz CT molecular complexity index is 1100. The number of H-pyrrole nitrogens is 1. The summed E-state index contributed by atoms with van der Waals surface area (Å²) in [4.78, 5) is 37.6. The number of para-hydroxylation sites is 1. The third kappa shape index (κ3) is 7.13. The molecule has 4 atom stereocenters. The Kier molecular flexibility index (Phi) is 8.25. The summed E-state index contributed by atoms with van der Waals surface area (Å²) in [6, 6.07) is 8.70. The van der Waals surface area contributed by atoms with E-state index >= 15 is 0 Å². The van der Waals surface area contributed by atoms with Crippen LogP contribution in [0.15, 0.2) is 52.2 Å². The van der Waals surface area contributed by atoms with Gasteiger partial charge in [-0.2, -0.15) is 5.09 Å². The van der Waals surface area contributed by atoms with Gasteiger partial charge in [-0.1, -0.05) is 18.2 Å². The first kappa shape index (κ1) is 24.9. The number of benzene rings is 1. The monoisotopic (exact) mass is 481 g/mol. The van der Waals surface area contributed by atoms with Gasteiger partial charge in [-0.15, -0.1) is 0 Å². The molecule has 4 unspecified atom stereocenters. The van der Waals surface area contributed by atoms with Gasteiger partial charge < -0.3 is 14.0 Å². The van der Waals surface area contributed by atoms with Crippen LogP contribution in [0.3, 0.4) is 0 Å². The van der Waals surface area contributed by atoms with Crippen LogP contribution in [-0.2, 0) is 23.4 Å². The molecule has 0 bridgehead atoms. The van der Waals surface area contributed by atoms with E-state index in [0.717, 1.165) is 0 Å². The zero-order chi connectivity index (χ0) is 24.0. The lowest BCUT2D eigenvalue weighted by Gasteiger charge is -2.24.